The van der Waals surface area contributed by atoms with E-state index in [0.29, 0.717) is 6.04 Å². The molecule has 1 aromatic heterocycles. The molecule has 1 saturated heterocycles. The van der Waals surface area contributed by atoms with Crippen LogP contribution in [0.4, 0.5) is 0 Å². The van der Waals surface area contributed by atoms with Gasteiger partial charge in [0, 0.05) is 32.7 Å². The van der Waals surface area contributed by atoms with Gasteiger partial charge in [-0.2, -0.15) is 0 Å². The number of hydrogen-bond acceptors (Lipinski definition) is 3. The molecule has 1 aliphatic rings. The lowest BCUT2D eigenvalue weighted by Gasteiger charge is -2.24. The van der Waals surface area contributed by atoms with Crippen molar-refractivity contribution in [2.45, 2.75) is 25.8 Å². The zero-order valence-corrected chi connectivity index (χ0v) is 10.1. The maximum atomic E-state index is 5.35. The smallest absolute Gasteiger partial charge is 0.125 e. The predicted octanol–water partition coefficient (Wildman–Crippen LogP) is 1.50. The third-order valence-electron chi connectivity index (χ3n) is 3.30. The van der Waals surface area contributed by atoms with Crippen LogP contribution in [0.2, 0.25) is 0 Å². The van der Waals surface area contributed by atoms with Crippen molar-refractivity contribution in [3.63, 3.8) is 0 Å². The molecular weight excluding hydrogens is 202 g/mol. The van der Waals surface area contributed by atoms with Gasteiger partial charge in [-0.3, -0.25) is 0 Å². The molecule has 1 N–H and O–H groups in total. The van der Waals surface area contributed by atoms with Gasteiger partial charge >= 0.3 is 0 Å². The molecule has 0 radical (unpaired) electrons. The Morgan fingerprint density at radius 3 is 2.94 bits per heavy atom. The van der Waals surface area contributed by atoms with Gasteiger partial charge in [-0.1, -0.05) is 0 Å². The molecule has 1 atom stereocenters. The first kappa shape index (κ1) is 11.6. The molecule has 4 heteroatoms. The van der Waals surface area contributed by atoms with Gasteiger partial charge in [0.1, 0.15) is 5.82 Å². The SMILES string of the molecule is CC(NCC1CCOCC1)c1nccn1C. The third kappa shape index (κ3) is 2.83. The minimum atomic E-state index is 0.322. The summed E-state index contributed by atoms with van der Waals surface area (Å²) in [6.07, 6.45) is 6.20. The summed E-state index contributed by atoms with van der Waals surface area (Å²) in [4.78, 5) is 4.36. The number of imidazole rings is 1. The molecule has 0 aromatic carbocycles. The van der Waals surface area contributed by atoms with E-state index in [1.54, 1.807) is 0 Å². The second kappa shape index (κ2) is 5.46. The Morgan fingerprint density at radius 2 is 2.31 bits per heavy atom. The molecule has 0 bridgehead atoms. The first-order valence-corrected chi connectivity index (χ1v) is 6.05. The van der Waals surface area contributed by atoms with E-state index in [2.05, 4.69) is 21.8 Å². The Hall–Kier alpha value is -0.870. The molecule has 16 heavy (non-hydrogen) atoms. The largest absolute Gasteiger partial charge is 0.381 e. The fraction of sp³-hybridized carbons (Fsp3) is 0.750. The maximum absolute atomic E-state index is 5.35. The fourth-order valence-electron chi connectivity index (χ4n) is 2.18. The van der Waals surface area contributed by atoms with Crippen molar-refractivity contribution in [3.8, 4) is 0 Å². The molecule has 1 unspecified atom stereocenters. The van der Waals surface area contributed by atoms with Gasteiger partial charge in [0.25, 0.3) is 0 Å². The first-order valence-electron chi connectivity index (χ1n) is 6.05. The highest BCUT2D eigenvalue weighted by atomic mass is 16.5. The summed E-state index contributed by atoms with van der Waals surface area (Å²) < 4.78 is 7.42. The average Bonchev–Trinajstić information content (AvgIpc) is 2.74. The Balaban J connectivity index is 1.79. The van der Waals surface area contributed by atoms with E-state index in [1.165, 1.54) is 12.8 Å². The number of nitrogens with zero attached hydrogens (tertiary/aromatic N) is 2. The number of nitrogens with one attached hydrogen (secondary N) is 1. The number of ether oxygens (including phenoxy) is 1. The number of hydrogen-bond donors (Lipinski definition) is 1. The predicted molar refractivity (Wildman–Crippen MR) is 63.2 cm³/mol. The van der Waals surface area contributed by atoms with Crippen LogP contribution < -0.4 is 5.32 Å². The van der Waals surface area contributed by atoms with Crippen LogP contribution in [-0.2, 0) is 11.8 Å². The molecule has 1 aliphatic heterocycles. The highest BCUT2D eigenvalue weighted by Gasteiger charge is 2.16. The lowest BCUT2D eigenvalue weighted by molar-refractivity contribution is 0.0655. The third-order valence-corrected chi connectivity index (χ3v) is 3.30. The number of rotatable bonds is 4. The molecular formula is C12H21N3O. The standard InChI is InChI=1S/C12H21N3O/c1-10(12-13-5-6-15(12)2)14-9-11-3-7-16-8-4-11/h5-6,10-11,14H,3-4,7-9H2,1-2H3. The van der Waals surface area contributed by atoms with E-state index < -0.39 is 0 Å². The molecule has 0 amide bonds. The van der Waals surface area contributed by atoms with Crippen LogP contribution in [0.1, 0.15) is 31.6 Å². The van der Waals surface area contributed by atoms with Crippen molar-refractivity contribution in [1.29, 1.82) is 0 Å². The molecule has 4 nitrogen and oxygen atoms in total. The molecule has 90 valence electrons. The van der Waals surface area contributed by atoms with Crippen molar-refractivity contribution >= 4 is 0 Å². The lowest BCUT2D eigenvalue weighted by Crippen LogP contribution is -2.30. The molecule has 2 rings (SSSR count). The zero-order chi connectivity index (χ0) is 11.4. The molecule has 0 saturated carbocycles. The average molecular weight is 223 g/mol. The molecule has 0 aliphatic carbocycles. The van der Waals surface area contributed by atoms with Crippen molar-refractivity contribution in [1.82, 2.24) is 14.9 Å². The van der Waals surface area contributed by atoms with Crippen LogP contribution in [0.5, 0.6) is 0 Å². The van der Waals surface area contributed by atoms with Crippen LogP contribution in [0, 0.1) is 5.92 Å². The van der Waals surface area contributed by atoms with Gasteiger partial charge in [0.2, 0.25) is 0 Å². The summed E-state index contributed by atoms with van der Waals surface area (Å²) in [7, 11) is 2.04. The number of aryl methyl sites for hydroxylation is 1. The monoisotopic (exact) mass is 223 g/mol. The van der Waals surface area contributed by atoms with Gasteiger partial charge in [0.15, 0.2) is 0 Å². The van der Waals surface area contributed by atoms with Crippen molar-refractivity contribution < 1.29 is 4.74 Å². The summed E-state index contributed by atoms with van der Waals surface area (Å²) in [5.74, 6) is 1.86. The van der Waals surface area contributed by atoms with Crippen LogP contribution in [-0.4, -0.2) is 29.3 Å². The quantitative estimate of drug-likeness (QED) is 0.840. The van der Waals surface area contributed by atoms with E-state index in [-0.39, 0.29) is 0 Å². The molecule has 0 spiro atoms. The summed E-state index contributed by atoms with van der Waals surface area (Å²) in [6, 6.07) is 0.322. The summed E-state index contributed by atoms with van der Waals surface area (Å²) in [5.41, 5.74) is 0. The van der Waals surface area contributed by atoms with Crippen molar-refractivity contribution in [2.75, 3.05) is 19.8 Å². The topological polar surface area (TPSA) is 39.1 Å². The second-order valence-electron chi connectivity index (χ2n) is 4.58. The van der Waals surface area contributed by atoms with Gasteiger partial charge in [0.05, 0.1) is 6.04 Å². The van der Waals surface area contributed by atoms with Crippen LogP contribution in [0.15, 0.2) is 12.4 Å². The second-order valence-corrected chi connectivity index (χ2v) is 4.58. The minimum Gasteiger partial charge on any atom is -0.381 e. The van der Waals surface area contributed by atoms with Gasteiger partial charge in [-0.15, -0.1) is 0 Å². The molecule has 2 heterocycles. The van der Waals surface area contributed by atoms with E-state index in [1.807, 2.05) is 19.4 Å². The first-order chi connectivity index (χ1) is 7.77. The number of aromatic nitrogens is 2. The fourth-order valence-corrected chi connectivity index (χ4v) is 2.18. The maximum Gasteiger partial charge on any atom is 0.125 e. The van der Waals surface area contributed by atoms with Crippen LogP contribution in [0.25, 0.3) is 0 Å². The van der Waals surface area contributed by atoms with E-state index in [4.69, 9.17) is 4.74 Å². The van der Waals surface area contributed by atoms with Gasteiger partial charge in [-0.25, -0.2) is 4.98 Å². The van der Waals surface area contributed by atoms with Gasteiger partial charge in [-0.05, 0) is 32.2 Å². The Bertz CT molecular complexity index is 318. The molecule has 1 fully saturated rings. The van der Waals surface area contributed by atoms with E-state index >= 15 is 0 Å². The highest BCUT2D eigenvalue weighted by molar-refractivity contribution is 4.97. The van der Waals surface area contributed by atoms with Crippen LogP contribution in [0.3, 0.4) is 0 Å². The van der Waals surface area contributed by atoms with Gasteiger partial charge < -0.3 is 14.6 Å². The Kier molecular flexibility index (Phi) is 3.96. The van der Waals surface area contributed by atoms with Crippen molar-refractivity contribution in [2.24, 2.45) is 13.0 Å². The molecule has 1 aromatic rings. The van der Waals surface area contributed by atoms with Crippen LogP contribution >= 0.6 is 0 Å². The van der Waals surface area contributed by atoms with Crippen molar-refractivity contribution in [3.05, 3.63) is 18.2 Å². The summed E-state index contributed by atoms with van der Waals surface area (Å²) in [6.45, 7) is 5.07. The Labute approximate surface area is 97.0 Å². The summed E-state index contributed by atoms with van der Waals surface area (Å²) >= 11 is 0. The van der Waals surface area contributed by atoms with E-state index in [0.717, 1.165) is 31.5 Å². The zero-order valence-electron chi connectivity index (χ0n) is 10.1. The highest BCUT2D eigenvalue weighted by Crippen LogP contribution is 2.15. The van der Waals surface area contributed by atoms with E-state index in [9.17, 15) is 0 Å². The normalized spacial score (nSPS) is 19.9. The summed E-state index contributed by atoms with van der Waals surface area (Å²) in [5, 5.41) is 3.56. The lowest BCUT2D eigenvalue weighted by atomic mass is 10.0. The minimum absolute atomic E-state index is 0.322. The Morgan fingerprint density at radius 1 is 1.56 bits per heavy atom.